The largest absolute Gasteiger partial charge is 0.241 e. The van der Waals surface area contributed by atoms with E-state index in [-0.39, 0.29) is 12.0 Å². The highest BCUT2D eigenvalue weighted by atomic mass is 79.9. The quantitative estimate of drug-likeness (QED) is 0.848. The Morgan fingerprint density at radius 3 is 2.35 bits per heavy atom. The molecule has 0 heterocycles. The van der Waals surface area contributed by atoms with Crippen molar-refractivity contribution in [2.45, 2.75) is 31.7 Å². The maximum atomic E-state index is 12.2. The van der Waals surface area contributed by atoms with Gasteiger partial charge < -0.3 is 0 Å². The predicted molar refractivity (Wildman–Crippen MR) is 73.9 cm³/mol. The maximum Gasteiger partial charge on any atom is 0.241 e. The van der Waals surface area contributed by atoms with E-state index in [4.69, 9.17) is 0 Å². The van der Waals surface area contributed by atoms with Crippen molar-refractivity contribution < 1.29 is 8.42 Å². The van der Waals surface area contributed by atoms with Gasteiger partial charge in [0.05, 0.1) is 4.90 Å². The first-order valence-corrected chi connectivity index (χ1v) is 8.13. The van der Waals surface area contributed by atoms with Crippen LogP contribution in [-0.4, -0.2) is 19.8 Å². The molecule has 0 saturated heterocycles. The zero-order valence-electron chi connectivity index (χ0n) is 10.3. The molecule has 1 atom stereocenters. The molecule has 1 aromatic carbocycles. The van der Waals surface area contributed by atoms with E-state index in [0.717, 1.165) is 5.56 Å². The topological polar surface area (TPSA) is 46.2 Å². The van der Waals surface area contributed by atoms with Crippen LogP contribution in [-0.2, 0) is 10.0 Å². The Kier molecular flexibility index (Phi) is 5.16. The summed E-state index contributed by atoms with van der Waals surface area (Å²) in [6, 6.07) is 6.90. The van der Waals surface area contributed by atoms with Gasteiger partial charge in [-0.2, -0.15) is 0 Å². The Labute approximate surface area is 112 Å². The monoisotopic (exact) mass is 319 g/mol. The van der Waals surface area contributed by atoms with Crippen LogP contribution in [0, 0.1) is 12.8 Å². The molecule has 0 aromatic heterocycles. The van der Waals surface area contributed by atoms with Gasteiger partial charge in [0.2, 0.25) is 10.0 Å². The number of hydrogen-bond acceptors (Lipinski definition) is 2. The lowest BCUT2D eigenvalue weighted by Gasteiger charge is -2.20. The van der Waals surface area contributed by atoms with Gasteiger partial charge in [0, 0.05) is 11.4 Å². The van der Waals surface area contributed by atoms with E-state index >= 15 is 0 Å². The third-order valence-corrected chi connectivity index (χ3v) is 5.01. The number of hydrogen-bond donors (Lipinski definition) is 1. The molecule has 0 saturated carbocycles. The minimum atomic E-state index is -3.43. The SMILES string of the molecule is Cc1ccccc1S(=O)(=O)NC(CBr)C(C)C. The number of nitrogens with one attached hydrogen (secondary N) is 1. The van der Waals surface area contributed by atoms with E-state index in [1.54, 1.807) is 25.1 Å². The summed E-state index contributed by atoms with van der Waals surface area (Å²) in [4.78, 5) is 0.353. The van der Waals surface area contributed by atoms with Gasteiger partial charge in [0.25, 0.3) is 0 Å². The Bertz CT molecular complexity index is 471. The maximum absolute atomic E-state index is 12.2. The van der Waals surface area contributed by atoms with Crippen molar-refractivity contribution in [3.63, 3.8) is 0 Å². The normalized spacial score (nSPS) is 13.9. The summed E-state index contributed by atoms with van der Waals surface area (Å²) < 4.78 is 27.1. The van der Waals surface area contributed by atoms with E-state index in [0.29, 0.717) is 10.2 Å². The Morgan fingerprint density at radius 1 is 1.29 bits per heavy atom. The summed E-state index contributed by atoms with van der Waals surface area (Å²) in [5.41, 5.74) is 0.761. The standard InChI is InChI=1S/C12H18BrNO2S/c1-9(2)11(8-13)14-17(15,16)12-7-5-4-6-10(12)3/h4-7,9,11,14H,8H2,1-3H3. The average molecular weight is 320 g/mol. The fraction of sp³-hybridized carbons (Fsp3) is 0.500. The van der Waals surface area contributed by atoms with Crippen molar-refractivity contribution in [3.8, 4) is 0 Å². The fourth-order valence-electron chi connectivity index (χ4n) is 1.47. The van der Waals surface area contributed by atoms with Gasteiger partial charge in [0.15, 0.2) is 0 Å². The molecule has 1 unspecified atom stereocenters. The highest BCUT2D eigenvalue weighted by Crippen LogP contribution is 2.16. The van der Waals surface area contributed by atoms with Gasteiger partial charge >= 0.3 is 0 Å². The first-order valence-electron chi connectivity index (χ1n) is 5.52. The smallest absolute Gasteiger partial charge is 0.207 e. The zero-order valence-corrected chi connectivity index (χ0v) is 12.7. The van der Waals surface area contributed by atoms with Crippen LogP contribution in [0.15, 0.2) is 29.2 Å². The van der Waals surface area contributed by atoms with Crippen molar-refractivity contribution in [2.75, 3.05) is 5.33 Å². The molecule has 5 heteroatoms. The minimum absolute atomic E-state index is 0.0976. The van der Waals surface area contributed by atoms with Crippen LogP contribution < -0.4 is 4.72 Å². The molecule has 0 radical (unpaired) electrons. The van der Waals surface area contributed by atoms with Crippen LogP contribution in [0.25, 0.3) is 0 Å². The van der Waals surface area contributed by atoms with E-state index in [9.17, 15) is 8.42 Å². The number of rotatable bonds is 5. The molecule has 96 valence electrons. The van der Waals surface area contributed by atoms with Crippen molar-refractivity contribution >= 4 is 26.0 Å². The van der Waals surface area contributed by atoms with Gasteiger partial charge in [-0.25, -0.2) is 13.1 Å². The number of benzene rings is 1. The fourth-order valence-corrected chi connectivity index (χ4v) is 4.22. The highest BCUT2D eigenvalue weighted by molar-refractivity contribution is 9.09. The molecule has 1 rings (SSSR count). The Hall–Kier alpha value is -0.390. The minimum Gasteiger partial charge on any atom is -0.207 e. The van der Waals surface area contributed by atoms with Crippen molar-refractivity contribution in [1.29, 1.82) is 0 Å². The molecule has 1 aromatic rings. The second-order valence-corrected chi connectivity index (χ2v) is 6.72. The van der Waals surface area contributed by atoms with Gasteiger partial charge in [-0.3, -0.25) is 0 Å². The molecule has 0 bridgehead atoms. The average Bonchev–Trinajstić information content (AvgIpc) is 2.26. The Morgan fingerprint density at radius 2 is 1.88 bits per heavy atom. The van der Waals surface area contributed by atoms with Crippen LogP contribution >= 0.6 is 15.9 Å². The number of aryl methyl sites for hydroxylation is 1. The van der Waals surface area contributed by atoms with Crippen LogP contribution in [0.2, 0.25) is 0 Å². The molecule has 0 amide bonds. The van der Waals surface area contributed by atoms with E-state index in [1.807, 2.05) is 19.9 Å². The van der Waals surface area contributed by atoms with E-state index in [2.05, 4.69) is 20.7 Å². The van der Waals surface area contributed by atoms with Crippen molar-refractivity contribution in [2.24, 2.45) is 5.92 Å². The molecule has 0 aliphatic rings. The summed E-state index contributed by atoms with van der Waals surface area (Å²) in [7, 11) is -3.43. The van der Waals surface area contributed by atoms with Crippen molar-refractivity contribution in [3.05, 3.63) is 29.8 Å². The molecule has 0 spiro atoms. The Balaban J connectivity index is 3.01. The van der Waals surface area contributed by atoms with Gasteiger partial charge in [-0.1, -0.05) is 48.0 Å². The molecule has 0 fully saturated rings. The predicted octanol–water partition coefficient (Wildman–Crippen LogP) is 2.69. The lowest BCUT2D eigenvalue weighted by molar-refractivity contribution is 0.483. The van der Waals surface area contributed by atoms with Crippen LogP contribution in [0.5, 0.6) is 0 Å². The molecule has 17 heavy (non-hydrogen) atoms. The summed E-state index contributed by atoms with van der Waals surface area (Å²) in [6.07, 6.45) is 0. The molecular formula is C12H18BrNO2S. The number of halogens is 1. The molecule has 3 nitrogen and oxygen atoms in total. The summed E-state index contributed by atoms with van der Waals surface area (Å²) in [6.45, 7) is 5.78. The van der Waals surface area contributed by atoms with Gasteiger partial charge in [0.1, 0.15) is 0 Å². The molecule has 0 aliphatic heterocycles. The number of sulfonamides is 1. The lowest BCUT2D eigenvalue weighted by Crippen LogP contribution is -2.39. The molecule has 0 aliphatic carbocycles. The zero-order chi connectivity index (χ0) is 13.1. The third kappa shape index (κ3) is 3.79. The summed E-state index contributed by atoms with van der Waals surface area (Å²) in [5.74, 6) is 0.244. The van der Waals surface area contributed by atoms with Crippen LogP contribution in [0.4, 0.5) is 0 Å². The third-order valence-electron chi connectivity index (χ3n) is 2.66. The second kappa shape index (κ2) is 5.98. The van der Waals surface area contributed by atoms with Gasteiger partial charge in [-0.05, 0) is 24.5 Å². The van der Waals surface area contributed by atoms with Crippen LogP contribution in [0.1, 0.15) is 19.4 Å². The summed E-state index contributed by atoms with van der Waals surface area (Å²) >= 11 is 3.33. The first kappa shape index (κ1) is 14.7. The van der Waals surface area contributed by atoms with E-state index in [1.165, 1.54) is 0 Å². The van der Waals surface area contributed by atoms with Gasteiger partial charge in [-0.15, -0.1) is 0 Å². The van der Waals surface area contributed by atoms with E-state index < -0.39 is 10.0 Å². The lowest BCUT2D eigenvalue weighted by atomic mass is 10.1. The molecular weight excluding hydrogens is 302 g/mol. The molecule has 1 N–H and O–H groups in total. The summed E-state index contributed by atoms with van der Waals surface area (Å²) in [5, 5.41) is 0.607. The number of alkyl halides is 1. The first-order chi connectivity index (χ1) is 7.88. The highest BCUT2D eigenvalue weighted by Gasteiger charge is 2.22. The van der Waals surface area contributed by atoms with Crippen LogP contribution in [0.3, 0.4) is 0 Å². The van der Waals surface area contributed by atoms with Crippen molar-refractivity contribution in [1.82, 2.24) is 4.72 Å². The second-order valence-electron chi connectivity index (χ2n) is 4.39.